The minimum atomic E-state index is -0.791. The van der Waals surface area contributed by atoms with Crippen molar-refractivity contribution in [3.05, 3.63) is 24.3 Å². The van der Waals surface area contributed by atoms with Crippen LogP contribution in [0.15, 0.2) is 24.3 Å². The van der Waals surface area contributed by atoms with E-state index < -0.39 is 18.2 Å². The molecule has 0 heterocycles. The third-order valence-corrected chi connectivity index (χ3v) is 12.8. The normalized spacial score (nSPS) is 13.3. The summed E-state index contributed by atoms with van der Waals surface area (Å²) in [5.74, 6) is -0.495. The summed E-state index contributed by atoms with van der Waals surface area (Å²) in [6, 6.07) is -0.706. The summed E-state index contributed by atoms with van der Waals surface area (Å²) in [7, 11) is 0. The highest BCUT2D eigenvalue weighted by molar-refractivity contribution is 5.77. The minimum absolute atomic E-state index is 0.0652. The van der Waals surface area contributed by atoms with Crippen molar-refractivity contribution in [2.45, 2.75) is 315 Å². The van der Waals surface area contributed by atoms with E-state index in [0.717, 1.165) is 64.2 Å². The van der Waals surface area contributed by atoms with Crippen LogP contribution in [0.5, 0.6) is 0 Å². The van der Waals surface area contributed by atoms with Crippen molar-refractivity contribution in [1.29, 1.82) is 0 Å². The van der Waals surface area contributed by atoms with Gasteiger partial charge in [-0.1, -0.05) is 231 Å². The number of nitrogens with one attached hydrogen (secondary N) is 1. The highest BCUT2D eigenvalue weighted by Gasteiger charge is 2.24. The van der Waals surface area contributed by atoms with Gasteiger partial charge in [0.05, 0.1) is 25.2 Å². The van der Waals surface area contributed by atoms with Crippen molar-refractivity contribution >= 4 is 11.9 Å². The molecule has 0 aromatic rings. The molecule has 62 heavy (non-hydrogen) atoms. The molecule has 3 N–H and O–H groups in total. The molecule has 0 aliphatic rings. The van der Waals surface area contributed by atoms with Gasteiger partial charge < -0.3 is 20.3 Å². The Morgan fingerprint density at radius 1 is 0.452 bits per heavy atom. The van der Waals surface area contributed by atoms with Gasteiger partial charge in [0, 0.05) is 6.42 Å². The molecule has 0 fully saturated rings. The molecule has 0 spiro atoms. The van der Waals surface area contributed by atoms with Crippen LogP contribution in [0.1, 0.15) is 297 Å². The van der Waals surface area contributed by atoms with Crippen LogP contribution < -0.4 is 5.32 Å². The Kier molecular flexibility index (Phi) is 49.0. The molecular formula is C56H107NO5. The highest BCUT2D eigenvalue weighted by Crippen LogP contribution is 2.18. The second kappa shape index (κ2) is 50.3. The summed E-state index contributed by atoms with van der Waals surface area (Å²) in [5.41, 5.74) is 0. The standard InChI is InChI=1S/C56H107NO5/c1-4-7-10-13-16-19-22-25-27-28-31-33-36-39-42-45-48-54(59)53(51-58)57-55(60)50-52(47-44-41-38-35-32-30-26-23-20-17-14-11-8-5-2)62-56(61)49-46-43-40-37-34-29-24-21-18-15-12-9-6-3/h29-30,32,34,52-54,58-59H,4-28,31,33,35-51H2,1-3H3,(H,57,60)/b32-30+,34-29-. The smallest absolute Gasteiger partial charge is 0.306 e. The number of carbonyl (C=O) groups excluding carboxylic acids is 2. The van der Waals surface area contributed by atoms with Gasteiger partial charge in [-0.05, 0) is 77.0 Å². The molecule has 0 aromatic heterocycles. The maximum atomic E-state index is 13.2. The quantitative estimate of drug-likeness (QED) is 0.0321. The number of esters is 1. The molecule has 3 atom stereocenters. The molecule has 0 rings (SSSR count). The molecule has 3 unspecified atom stereocenters. The van der Waals surface area contributed by atoms with Crippen molar-refractivity contribution in [2.24, 2.45) is 0 Å². The van der Waals surface area contributed by atoms with Gasteiger partial charge in [-0.15, -0.1) is 0 Å². The lowest BCUT2D eigenvalue weighted by atomic mass is 10.0. The lowest BCUT2D eigenvalue weighted by Gasteiger charge is -2.24. The van der Waals surface area contributed by atoms with Crippen molar-refractivity contribution < 1.29 is 24.5 Å². The second-order valence-electron chi connectivity index (χ2n) is 19.0. The molecule has 0 aromatic carbocycles. The predicted molar refractivity (Wildman–Crippen MR) is 269 cm³/mol. The number of aliphatic hydroxyl groups is 2. The van der Waals surface area contributed by atoms with E-state index in [4.69, 9.17) is 4.74 Å². The second-order valence-corrected chi connectivity index (χ2v) is 19.0. The molecule has 0 bridgehead atoms. The highest BCUT2D eigenvalue weighted by atomic mass is 16.5. The van der Waals surface area contributed by atoms with Gasteiger partial charge in [-0.2, -0.15) is 0 Å². The summed E-state index contributed by atoms with van der Waals surface area (Å²) < 4.78 is 5.93. The van der Waals surface area contributed by atoms with Crippen LogP contribution in [0.3, 0.4) is 0 Å². The number of ether oxygens (including phenoxy) is 1. The molecule has 0 saturated heterocycles. The van der Waals surface area contributed by atoms with Crippen LogP contribution in [0.25, 0.3) is 0 Å². The molecule has 0 aliphatic carbocycles. The van der Waals surface area contributed by atoms with Gasteiger partial charge in [-0.3, -0.25) is 9.59 Å². The number of rotatable bonds is 50. The van der Waals surface area contributed by atoms with Crippen LogP contribution in [0.4, 0.5) is 0 Å². The first-order valence-electron chi connectivity index (χ1n) is 27.6. The molecule has 6 heteroatoms. The molecule has 6 nitrogen and oxygen atoms in total. The minimum Gasteiger partial charge on any atom is -0.462 e. The van der Waals surface area contributed by atoms with Gasteiger partial charge in [-0.25, -0.2) is 0 Å². The Bertz CT molecular complexity index is 981. The lowest BCUT2D eigenvalue weighted by Crippen LogP contribution is -2.46. The first-order valence-corrected chi connectivity index (χ1v) is 27.6. The Balaban J connectivity index is 4.54. The Labute approximate surface area is 386 Å². The molecule has 0 saturated carbocycles. The number of carbonyl (C=O) groups is 2. The maximum absolute atomic E-state index is 13.2. The van der Waals surface area contributed by atoms with E-state index in [9.17, 15) is 19.8 Å². The predicted octanol–water partition coefficient (Wildman–Crippen LogP) is 16.7. The molecule has 1 amide bonds. The summed E-state index contributed by atoms with van der Waals surface area (Å²) in [5, 5.41) is 23.8. The van der Waals surface area contributed by atoms with Gasteiger partial charge in [0.25, 0.3) is 0 Å². The number of hydrogen-bond acceptors (Lipinski definition) is 5. The van der Waals surface area contributed by atoms with Crippen LogP contribution in [-0.2, 0) is 14.3 Å². The number of aliphatic hydroxyl groups excluding tert-OH is 2. The molecule has 0 radical (unpaired) electrons. The van der Waals surface area contributed by atoms with Gasteiger partial charge in [0.15, 0.2) is 0 Å². The third-order valence-electron chi connectivity index (χ3n) is 12.8. The van der Waals surface area contributed by atoms with E-state index in [1.165, 1.54) is 186 Å². The van der Waals surface area contributed by atoms with Gasteiger partial charge in [0.1, 0.15) is 6.10 Å². The Hall–Kier alpha value is -1.66. The van der Waals surface area contributed by atoms with Crippen molar-refractivity contribution in [2.75, 3.05) is 6.61 Å². The SMILES string of the molecule is CCCCCCCC/C=C\CCCCCC(=O)OC(CCCCC/C=C/CCCCCCCCC)CC(=O)NC(CO)C(O)CCCCCCCCCCCCCCCCCC. The fourth-order valence-corrected chi connectivity index (χ4v) is 8.54. The van der Waals surface area contributed by atoms with Crippen molar-refractivity contribution in [1.82, 2.24) is 5.32 Å². The summed E-state index contributed by atoms with van der Waals surface area (Å²) in [6.45, 7) is 6.49. The van der Waals surface area contributed by atoms with E-state index in [2.05, 4.69) is 50.4 Å². The summed E-state index contributed by atoms with van der Waals surface area (Å²) in [4.78, 5) is 26.2. The fourth-order valence-electron chi connectivity index (χ4n) is 8.54. The molecule has 0 aliphatic heterocycles. The zero-order valence-corrected chi connectivity index (χ0v) is 41.8. The fraction of sp³-hybridized carbons (Fsp3) is 0.893. The van der Waals surface area contributed by atoms with Crippen LogP contribution in [-0.4, -0.2) is 46.9 Å². The van der Waals surface area contributed by atoms with Crippen molar-refractivity contribution in [3.63, 3.8) is 0 Å². The molecular weight excluding hydrogens is 767 g/mol. The zero-order valence-electron chi connectivity index (χ0n) is 41.8. The first kappa shape index (κ1) is 60.3. The third kappa shape index (κ3) is 44.9. The largest absolute Gasteiger partial charge is 0.462 e. The van der Waals surface area contributed by atoms with E-state index in [1.807, 2.05) is 0 Å². The number of allylic oxidation sites excluding steroid dienone is 4. The first-order chi connectivity index (χ1) is 30.5. The molecule has 366 valence electrons. The zero-order chi connectivity index (χ0) is 45.2. The monoisotopic (exact) mass is 874 g/mol. The average Bonchev–Trinajstić information content (AvgIpc) is 3.26. The Morgan fingerprint density at radius 3 is 1.16 bits per heavy atom. The van der Waals surface area contributed by atoms with E-state index >= 15 is 0 Å². The summed E-state index contributed by atoms with van der Waals surface area (Å²) in [6.07, 6.45) is 58.1. The van der Waals surface area contributed by atoms with Gasteiger partial charge >= 0.3 is 5.97 Å². The Morgan fingerprint density at radius 2 is 0.774 bits per heavy atom. The van der Waals surface area contributed by atoms with Crippen LogP contribution >= 0.6 is 0 Å². The van der Waals surface area contributed by atoms with Crippen LogP contribution in [0.2, 0.25) is 0 Å². The van der Waals surface area contributed by atoms with E-state index in [0.29, 0.717) is 19.3 Å². The van der Waals surface area contributed by atoms with E-state index in [1.54, 1.807) is 0 Å². The van der Waals surface area contributed by atoms with Crippen LogP contribution in [0, 0.1) is 0 Å². The summed E-state index contributed by atoms with van der Waals surface area (Å²) >= 11 is 0. The topological polar surface area (TPSA) is 95.9 Å². The van der Waals surface area contributed by atoms with Crippen molar-refractivity contribution in [3.8, 4) is 0 Å². The number of amides is 1. The number of hydrogen-bond donors (Lipinski definition) is 3. The number of unbranched alkanes of at least 4 members (excludes halogenated alkanes) is 34. The average molecular weight is 874 g/mol. The maximum Gasteiger partial charge on any atom is 0.306 e. The lowest BCUT2D eigenvalue weighted by molar-refractivity contribution is -0.151. The van der Waals surface area contributed by atoms with Gasteiger partial charge in [0.2, 0.25) is 5.91 Å². The van der Waals surface area contributed by atoms with E-state index in [-0.39, 0.29) is 24.9 Å².